The Morgan fingerprint density at radius 2 is 1.67 bits per heavy atom. The molecule has 0 radical (unpaired) electrons. The first-order valence-corrected chi connectivity index (χ1v) is 12.3. The molecular formula is C21H25INO6P. The fraction of sp³-hybridized carbons (Fsp3) is 0.333. The van der Waals surface area contributed by atoms with Crippen LogP contribution in [0.25, 0.3) is 0 Å². The molecular weight excluding hydrogens is 520 g/mol. The number of carboxylic acid groups (broad SMARTS) is 1. The predicted molar refractivity (Wildman–Crippen MR) is 123 cm³/mol. The maximum absolute atomic E-state index is 12.6. The Morgan fingerprint density at radius 1 is 1.07 bits per heavy atom. The third-order valence-corrected chi connectivity index (χ3v) is 7.34. The second-order valence-electron chi connectivity index (χ2n) is 6.46. The van der Waals surface area contributed by atoms with Gasteiger partial charge >= 0.3 is 13.6 Å². The highest BCUT2D eigenvalue weighted by Gasteiger charge is 2.25. The lowest BCUT2D eigenvalue weighted by molar-refractivity contribution is -0.139. The molecule has 0 heterocycles. The van der Waals surface area contributed by atoms with E-state index in [0.717, 1.165) is 9.13 Å². The van der Waals surface area contributed by atoms with Gasteiger partial charge in [-0.2, -0.15) is 0 Å². The second kappa shape index (κ2) is 11.6. The first-order valence-electron chi connectivity index (χ1n) is 9.52. The molecule has 7 nitrogen and oxygen atoms in total. The van der Waals surface area contributed by atoms with Crippen LogP contribution in [-0.2, 0) is 31.0 Å². The molecule has 0 fully saturated rings. The molecule has 1 amide bonds. The molecule has 2 aromatic carbocycles. The summed E-state index contributed by atoms with van der Waals surface area (Å²) in [7, 11) is -3.24. The minimum absolute atomic E-state index is 0.0980. The van der Waals surface area contributed by atoms with E-state index < -0.39 is 25.5 Å². The van der Waals surface area contributed by atoms with E-state index in [0.29, 0.717) is 11.1 Å². The molecule has 9 heteroatoms. The summed E-state index contributed by atoms with van der Waals surface area (Å²) >= 11 is 2.14. The number of rotatable bonds is 11. The molecule has 1 atom stereocenters. The third-order valence-electron chi connectivity index (χ3n) is 4.23. The topological polar surface area (TPSA) is 102 Å². The van der Waals surface area contributed by atoms with Crippen molar-refractivity contribution in [2.75, 3.05) is 13.2 Å². The second-order valence-corrected chi connectivity index (χ2v) is 9.68. The number of halogens is 1. The molecule has 0 aromatic heterocycles. The predicted octanol–water partition coefficient (Wildman–Crippen LogP) is 4.48. The summed E-state index contributed by atoms with van der Waals surface area (Å²) in [5, 5.41) is 12.1. The van der Waals surface area contributed by atoms with Gasteiger partial charge < -0.3 is 19.5 Å². The largest absolute Gasteiger partial charge is 0.480 e. The zero-order valence-corrected chi connectivity index (χ0v) is 19.9. The minimum atomic E-state index is -3.24. The van der Waals surface area contributed by atoms with E-state index in [1.165, 1.54) is 0 Å². The summed E-state index contributed by atoms with van der Waals surface area (Å²) < 4.78 is 24.1. The molecule has 0 aliphatic rings. The normalized spacial score (nSPS) is 12.4. The van der Waals surface area contributed by atoms with Crippen LogP contribution in [-0.4, -0.2) is 36.2 Å². The van der Waals surface area contributed by atoms with Gasteiger partial charge in [0.15, 0.2) is 0 Å². The molecule has 162 valence electrons. The van der Waals surface area contributed by atoms with E-state index in [1.807, 2.05) is 24.3 Å². The molecule has 2 aromatic rings. The van der Waals surface area contributed by atoms with Crippen LogP contribution in [0.15, 0.2) is 48.5 Å². The fourth-order valence-corrected chi connectivity index (χ4v) is 5.14. The van der Waals surface area contributed by atoms with Crippen LogP contribution < -0.4 is 5.32 Å². The van der Waals surface area contributed by atoms with E-state index in [9.17, 15) is 19.3 Å². The van der Waals surface area contributed by atoms with Gasteiger partial charge in [-0.15, -0.1) is 0 Å². The maximum atomic E-state index is 12.6. The number of hydrogen-bond donors (Lipinski definition) is 2. The van der Waals surface area contributed by atoms with Crippen molar-refractivity contribution in [1.82, 2.24) is 5.32 Å². The van der Waals surface area contributed by atoms with E-state index in [4.69, 9.17) is 9.05 Å². The van der Waals surface area contributed by atoms with Gasteiger partial charge in [0.2, 0.25) is 0 Å². The van der Waals surface area contributed by atoms with E-state index in [2.05, 4.69) is 27.9 Å². The van der Waals surface area contributed by atoms with E-state index in [1.54, 1.807) is 38.1 Å². The molecule has 0 saturated heterocycles. The van der Waals surface area contributed by atoms with Gasteiger partial charge in [-0.3, -0.25) is 9.36 Å². The van der Waals surface area contributed by atoms with E-state index >= 15 is 0 Å². The molecule has 2 rings (SSSR count). The summed E-state index contributed by atoms with van der Waals surface area (Å²) in [6, 6.07) is 12.8. The minimum Gasteiger partial charge on any atom is -0.480 e. The summed E-state index contributed by atoms with van der Waals surface area (Å²) in [5.41, 5.74) is 1.87. The monoisotopic (exact) mass is 545 g/mol. The standard InChI is InChI=1S/C21H25INO6P/c1-3-28-30(27,29-4-2)14-15-9-11-16(12-10-15)20(24)23-19(21(25)26)13-17-7-5-6-8-18(17)22/h5-12,19H,3-4,13-14H2,1-2H3,(H,23,24)(H,25,26)/t19-/m1/s1. The Bertz CT molecular complexity index is 908. The lowest BCUT2D eigenvalue weighted by atomic mass is 10.1. The van der Waals surface area contributed by atoms with Gasteiger partial charge in [-0.1, -0.05) is 30.3 Å². The first-order chi connectivity index (χ1) is 14.3. The fourth-order valence-electron chi connectivity index (χ4n) is 2.83. The van der Waals surface area contributed by atoms with Crippen LogP contribution in [0.4, 0.5) is 0 Å². The van der Waals surface area contributed by atoms with Crippen molar-refractivity contribution in [3.8, 4) is 0 Å². The summed E-state index contributed by atoms with van der Waals surface area (Å²) in [6.07, 6.45) is 0.283. The van der Waals surface area contributed by atoms with Crippen molar-refractivity contribution in [3.63, 3.8) is 0 Å². The van der Waals surface area contributed by atoms with Gasteiger partial charge in [0, 0.05) is 15.6 Å². The number of hydrogen-bond acceptors (Lipinski definition) is 5. The molecule has 30 heavy (non-hydrogen) atoms. The van der Waals surface area contributed by atoms with Crippen molar-refractivity contribution in [2.45, 2.75) is 32.5 Å². The number of carboxylic acids is 1. The Kier molecular flexibility index (Phi) is 9.48. The summed E-state index contributed by atoms with van der Waals surface area (Å²) in [4.78, 5) is 24.2. The number of amides is 1. The number of carbonyl (C=O) groups is 2. The summed E-state index contributed by atoms with van der Waals surface area (Å²) in [6.45, 7) is 4.03. The molecule has 0 aliphatic carbocycles. The average Bonchev–Trinajstić information content (AvgIpc) is 2.69. The molecule has 0 spiro atoms. The Balaban J connectivity index is 2.07. The average molecular weight is 545 g/mol. The van der Waals surface area contributed by atoms with Crippen molar-refractivity contribution in [1.29, 1.82) is 0 Å². The molecule has 0 bridgehead atoms. The van der Waals surface area contributed by atoms with Crippen molar-refractivity contribution in [2.24, 2.45) is 0 Å². The van der Waals surface area contributed by atoms with Crippen LogP contribution in [0, 0.1) is 3.57 Å². The first kappa shape index (κ1) is 24.5. The van der Waals surface area contributed by atoms with Gasteiger partial charge in [-0.05, 0) is 65.8 Å². The van der Waals surface area contributed by atoms with Crippen molar-refractivity contribution in [3.05, 3.63) is 68.8 Å². The zero-order chi connectivity index (χ0) is 22.1. The molecule has 2 N–H and O–H groups in total. The van der Waals surface area contributed by atoms with E-state index in [-0.39, 0.29) is 25.8 Å². The van der Waals surface area contributed by atoms with Gasteiger partial charge in [0.05, 0.1) is 19.4 Å². The van der Waals surface area contributed by atoms with Crippen molar-refractivity contribution >= 4 is 42.1 Å². The van der Waals surface area contributed by atoms with Crippen LogP contribution >= 0.6 is 30.2 Å². The van der Waals surface area contributed by atoms with Gasteiger partial charge in [-0.25, -0.2) is 4.79 Å². The number of benzene rings is 2. The smallest absolute Gasteiger partial charge is 0.335 e. The molecule has 0 aliphatic heterocycles. The van der Waals surface area contributed by atoms with Crippen LogP contribution in [0.2, 0.25) is 0 Å². The molecule has 0 unspecified atom stereocenters. The van der Waals surface area contributed by atoms with Crippen LogP contribution in [0.1, 0.15) is 35.3 Å². The number of aliphatic carboxylic acids is 1. The SMILES string of the molecule is CCOP(=O)(Cc1ccc(C(=O)N[C@H](Cc2ccccc2I)C(=O)O)cc1)OCC. The number of nitrogens with one attached hydrogen (secondary N) is 1. The van der Waals surface area contributed by atoms with Gasteiger partial charge in [0.25, 0.3) is 5.91 Å². The number of carbonyl (C=O) groups excluding carboxylic acids is 1. The van der Waals surface area contributed by atoms with Crippen molar-refractivity contribution < 1.29 is 28.3 Å². The highest BCUT2D eigenvalue weighted by Crippen LogP contribution is 2.51. The molecule has 0 saturated carbocycles. The highest BCUT2D eigenvalue weighted by molar-refractivity contribution is 14.1. The van der Waals surface area contributed by atoms with Gasteiger partial charge in [0.1, 0.15) is 6.04 Å². The quantitative estimate of drug-likeness (QED) is 0.319. The third kappa shape index (κ3) is 7.19. The Hall–Kier alpha value is -1.74. The Morgan fingerprint density at radius 3 is 2.20 bits per heavy atom. The maximum Gasteiger partial charge on any atom is 0.335 e. The highest BCUT2D eigenvalue weighted by atomic mass is 127. The lowest BCUT2D eigenvalue weighted by Gasteiger charge is -2.17. The zero-order valence-electron chi connectivity index (χ0n) is 16.8. The lowest BCUT2D eigenvalue weighted by Crippen LogP contribution is -2.42. The van der Waals surface area contributed by atoms with Crippen LogP contribution in [0.3, 0.4) is 0 Å². The Labute approximate surface area is 189 Å². The summed E-state index contributed by atoms with van der Waals surface area (Å²) in [5.74, 6) is -1.59. The van der Waals surface area contributed by atoms with Crippen LogP contribution in [0.5, 0.6) is 0 Å².